The smallest absolute Gasteiger partial charge is 0.0784 e. The maximum absolute atomic E-state index is 5.68. The zero-order chi connectivity index (χ0) is 12.1. The van der Waals surface area contributed by atoms with Gasteiger partial charge in [0, 0.05) is 18.6 Å². The molecule has 0 bridgehead atoms. The number of methoxy groups -OCH3 is 1. The van der Waals surface area contributed by atoms with Crippen LogP contribution >= 0.6 is 12.2 Å². The largest absolute Gasteiger partial charge is 0.393 e. The van der Waals surface area contributed by atoms with Crippen molar-refractivity contribution in [3.05, 3.63) is 0 Å². The first kappa shape index (κ1) is 14.8. The molecule has 1 atom stereocenters. The van der Waals surface area contributed by atoms with Crippen LogP contribution in [0.15, 0.2) is 0 Å². The van der Waals surface area contributed by atoms with Gasteiger partial charge >= 0.3 is 0 Å². The van der Waals surface area contributed by atoms with Crippen LogP contribution in [-0.2, 0) is 4.74 Å². The average molecular weight is 232 g/mol. The van der Waals surface area contributed by atoms with Gasteiger partial charge in [0.1, 0.15) is 0 Å². The summed E-state index contributed by atoms with van der Waals surface area (Å²) in [5, 5.41) is 0. The van der Waals surface area contributed by atoms with Gasteiger partial charge in [-0.05, 0) is 26.9 Å². The monoisotopic (exact) mass is 232 g/mol. The molecule has 0 saturated carbocycles. The molecule has 0 rings (SSSR count). The van der Waals surface area contributed by atoms with Crippen molar-refractivity contribution in [2.75, 3.05) is 27.3 Å². The van der Waals surface area contributed by atoms with Crippen molar-refractivity contribution in [2.45, 2.75) is 33.2 Å². The molecule has 0 aromatic carbocycles. The highest BCUT2D eigenvalue weighted by Crippen LogP contribution is 2.21. The highest BCUT2D eigenvalue weighted by Gasteiger charge is 2.22. The van der Waals surface area contributed by atoms with Gasteiger partial charge in [-0.3, -0.25) is 0 Å². The van der Waals surface area contributed by atoms with E-state index in [0.717, 1.165) is 19.6 Å². The Morgan fingerprint density at radius 1 is 1.53 bits per heavy atom. The van der Waals surface area contributed by atoms with Gasteiger partial charge in [0.05, 0.1) is 11.6 Å². The Balaban J connectivity index is 3.99. The number of likely N-dealkylation sites (N-methyl/N-ethyl adjacent to an activating group) is 1. The third kappa shape index (κ3) is 5.44. The molecule has 3 nitrogen and oxygen atoms in total. The summed E-state index contributed by atoms with van der Waals surface area (Å²) in [4.78, 5) is 2.86. The standard InChI is InChI=1S/C11H24N2OS/c1-9(8-14-5)13(4)7-6-11(2,3)10(12)15/h9H,6-8H2,1-5H3,(H2,12,15). The van der Waals surface area contributed by atoms with Crippen LogP contribution in [0.1, 0.15) is 27.2 Å². The number of nitrogens with two attached hydrogens (primary N) is 1. The molecule has 0 fully saturated rings. The lowest BCUT2D eigenvalue weighted by molar-refractivity contribution is 0.111. The number of hydrogen-bond acceptors (Lipinski definition) is 3. The molecule has 0 aromatic rings. The third-order valence-corrected chi connectivity index (χ3v) is 3.47. The number of hydrogen-bond donors (Lipinski definition) is 1. The van der Waals surface area contributed by atoms with Gasteiger partial charge in [0.2, 0.25) is 0 Å². The van der Waals surface area contributed by atoms with E-state index in [1.807, 2.05) is 0 Å². The second kappa shape index (κ2) is 6.40. The maximum atomic E-state index is 5.68. The maximum Gasteiger partial charge on any atom is 0.0784 e. The summed E-state index contributed by atoms with van der Waals surface area (Å²) in [6, 6.07) is 0.428. The van der Waals surface area contributed by atoms with E-state index in [1.165, 1.54) is 0 Å². The molecule has 0 radical (unpaired) electrons. The molecule has 2 N–H and O–H groups in total. The zero-order valence-corrected chi connectivity index (χ0v) is 11.4. The van der Waals surface area contributed by atoms with E-state index in [0.29, 0.717) is 11.0 Å². The second-order valence-electron chi connectivity index (χ2n) is 4.78. The van der Waals surface area contributed by atoms with Crippen LogP contribution in [-0.4, -0.2) is 43.2 Å². The van der Waals surface area contributed by atoms with Crippen molar-refractivity contribution >= 4 is 17.2 Å². The molecule has 90 valence electrons. The molecule has 4 heteroatoms. The first-order valence-corrected chi connectivity index (χ1v) is 5.71. The third-order valence-electron chi connectivity index (χ3n) is 2.92. The van der Waals surface area contributed by atoms with Crippen LogP contribution in [0, 0.1) is 5.41 Å². The molecule has 15 heavy (non-hydrogen) atoms. The first-order valence-electron chi connectivity index (χ1n) is 5.30. The van der Waals surface area contributed by atoms with Crippen LogP contribution < -0.4 is 5.73 Å². The minimum absolute atomic E-state index is 0.0591. The van der Waals surface area contributed by atoms with Crippen molar-refractivity contribution in [1.29, 1.82) is 0 Å². The lowest BCUT2D eigenvalue weighted by Crippen LogP contribution is -2.38. The Morgan fingerprint density at radius 3 is 2.47 bits per heavy atom. The summed E-state index contributed by atoms with van der Waals surface area (Å²) in [5.74, 6) is 0. The lowest BCUT2D eigenvalue weighted by atomic mass is 9.89. The summed E-state index contributed by atoms with van der Waals surface area (Å²) in [6.45, 7) is 8.06. The second-order valence-corrected chi connectivity index (χ2v) is 5.22. The van der Waals surface area contributed by atoms with E-state index in [-0.39, 0.29) is 5.41 Å². The van der Waals surface area contributed by atoms with E-state index in [1.54, 1.807) is 7.11 Å². The minimum atomic E-state index is -0.0591. The SMILES string of the molecule is COCC(C)N(C)CCC(C)(C)C(N)=S. The molecular formula is C11H24N2OS. The van der Waals surface area contributed by atoms with Gasteiger partial charge in [0.25, 0.3) is 0 Å². The van der Waals surface area contributed by atoms with Gasteiger partial charge in [-0.25, -0.2) is 0 Å². The molecule has 0 heterocycles. The fourth-order valence-corrected chi connectivity index (χ4v) is 1.27. The Hall–Kier alpha value is -0.190. The Labute approximate surface area is 99.0 Å². The van der Waals surface area contributed by atoms with Crippen LogP contribution in [0.3, 0.4) is 0 Å². The Kier molecular flexibility index (Phi) is 6.32. The van der Waals surface area contributed by atoms with Crippen LogP contribution in [0.4, 0.5) is 0 Å². The normalized spacial score (nSPS) is 14.3. The van der Waals surface area contributed by atoms with Crippen LogP contribution in [0.5, 0.6) is 0 Å². The van der Waals surface area contributed by atoms with Crippen LogP contribution in [0.2, 0.25) is 0 Å². The average Bonchev–Trinajstić information content (AvgIpc) is 2.14. The van der Waals surface area contributed by atoms with E-state index in [9.17, 15) is 0 Å². The van der Waals surface area contributed by atoms with Gasteiger partial charge in [-0.1, -0.05) is 26.1 Å². The minimum Gasteiger partial charge on any atom is -0.393 e. The van der Waals surface area contributed by atoms with E-state index in [4.69, 9.17) is 22.7 Å². The Morgan fingerprint density at radius 2 is 2.07 bits per heavy atom. The van der Waals surface area contributed by atoms with Gasteiger partial charge in [-0.15, -0.1) is 0 Å². The fourth-order valence-electron chi connectivity index (χ4n) is 1.17. The topological polar surface area (TPSA) is 38.5 Å². The van der Waals surface area contributed by atoms with Gasteiger partial charge in [0.15, 0.2) is 0 Å². The number of rotatable bonds is 7. The Bertz CT molecular complexity index is 207. The summed E-state index contributed by atoms with van der Waals surface area (Å²) < 4.78 is 5.11. The van der Waals surface area contributed by atoms with Crippen LogP contribution in [0.25, 0.3) is 0 Å². The zero-order valence-electron chi connectivity index (χ0n) is 10.5. The molecule has 0 aliphatic heterocycles. The predicted molar refractivity (Wildman–Crippen MR) is 69.2 cm³/mol. The van der Waals surface area contributed by atoms with E-state index < -0.39 is 0 Å². The first-order chi connectivity index (χ1) is 6.81. The number of nitrogens with zero attached hydrogens (tertiary/aromatic N) is 1. The molecular weight excluding hydrogens is 208 g/mol. The number of thiocarbonyl (C=S) groups is 1. The molecule has 0 aliphatic carbocycles. The fraction of sp³-hybridized carbons (Fsp3) is 0.909. The predicted octanol–water partition coefficient (Wildman–Crippen LogP) is 1.66. The highest BCUT2D eigenvalue weighted by molar-refractivity contribution is 7.80. The van der Waals surface area contributed by atoms with Crippen molar-refractivity contribution in [2.24, 2.45) is 11.1 Å². The quantitative estimate of drug-likeness (QED) is 0.678. The van der Waals surface area contributed by atoms with Gasteiger partial charge < -0.3 is 15.4 Å². The highest BCUT2D eigenvalue weighted by atomic mass is 32.1. The summed E-state index contributed by atoms with van der Waals surface area (Å²) in [6.07, 6.45) is 0.979. The summed E-state index contributed by atoms with van der Waals surface area (Å²) in [7, 11) is 3.82. The molecule has 1 unspecified atom stereocenters. The lowest BCUT2D eigenvalue weighted by Gasteiger charge is -2.29. The van der Waals surface area contributed by atoms with E-state index in [2.05, 4.69) is 32.7 Å². The number of ether oxygens (including phenoxy) is 1. The molecule has 0 aromatic heterocycles. The van der Waals surface area contributed by atoms with E-state index >= 15 is 0 Å². The summed E-state index contributed by atoms with van der Waals surface area (Å²) >= 11 is 5.04. The molecule has 0 spiro atoms. The van der Waals surface area contributed by atoms with Crippen molar-refractivity contribution in [1.82, 2.24) is 4.90 Å². The van der Waals surface area contributed by atoms with Gasteiger partial charge in [-0.2, -0.15) is 0 Å². The molecule has 0 aliphatic rings. The molecule has 0 saturated heterocycles. The van der Waals surface area contributed by atoms with Crippen molar-refractivity contribution < 1.29 is 4.74 Å². The summed E-state index contributed by atoms with van der Waals surface area (Å²) in [5.41, 5.74) is 5.62. The van der Waals surface area contributed by atoms with Crippen molar-refractivity contribution in [3.63, 3.8) is 0 Å². The molecule has 0 amide bonds. The van der Waals surface area contributed by atoms with Crippen molar-refractivity contribution in [3.8, 4) is 0 Å².